The molecule has 0 amide bonds. The Bertz CT molecular complexity index is 1330. The molecule has 0 radical (unpaired) electrons. The Labute approximate surface area is 219 Å². The summed E-state index contributed by atoms with van der Waals surface area (Å²) in [5.74, 6) is 16.5. The van der Waals surface area contributed by atoms with Crippen LogP contribution in [0.25, 0.3) is 6.08 Å². The largest absolute Gasteiger partial charge is 0.146 e. The third-order valence-electron chi connectivity index (χ3n) is 6.91. The minimum absolute atomic E-state index is 0.636. The normalized spacial score (nSPS) is 10.7. The van der Waals surface area contributed by atoms with E-state index in [1.54, 1.807) is 0 Å². The molecule has 0 atom stereocenters. The quantitative estimate of drug-likeness (QED) is 0.257. The van der Waals surface area contributed by atoms with E-state index in [-0.39, 0.29) is 0 Å². The summed E-state index contributed by atoms with van der Waals surface area (Å²) in [5.41, 5.74) is 11.8. The van der Waals surface area contributed by atoms with Crippen molar-refractivity contribution in [3.05, 3.63) is 113 Å². The first kappa shape index (κ1) is 26.9. The molecule has 1 heteroatoms. The average Bonchev–Trinajstić information content (AvgIpc) is 2.87. The molecule has 0 saturated heterocycles. The van der Waals surface area contributed by atoms with Gasteiger partial charge in [-0.05, 0) is 82.9 Å². The molecule has 180 valence electrons. The van der Waals surface area contributed by atoms with E-state index in [0.717, 1.165) is 33.4 Å². The van der Waals surface area contributed by atoms with Crippen LogP contribution >= 0.6 is 0 Å². The Morgan fingerprint density at radius 1 is 0.500 bits per heavy atom. The highest BCUT2D eigenvalue weighted by molar-refractivity contribution is 6.90. The highest BCUT2D eigenvalue weighted by Crippen LogP contribution is 2.40. The maximum atomic E-state index is 3.79. The summed E-state index contributed by atoms with van der Waals surface area (Å²) in [5, 5.41) is 0. The highest BCUT2D eigenvalue weighted by Gasteiger charge is 2.41. The Balaban J connectivity index is 1.70. The predicted molar refractivity (Wildman–Crippen MR) is 159 cm³/mol. The zero-order valence-corrected chi connectivity index (χ0v) is 23.4. The highest BCUT2D eigenvalue weighted by atomic mass is 28.3. The summed E-state index contributed by atoms with van der Waals surface area (Å²) >= 11 is 0. The molecule has 3 aromatic rings. The van der Waals surface area contributed by atoms with Crippen LogP contribution in [0, 0.1) is 35.1 Å². The molecule has 0 N–H and O–H groups in total. The third-order valence-corrected chi connectivity index (χ3v) is 13.2. The molecule has 36 heavy (non-hydrogen) atoms. The van der Waals surface area contributed by atoms with E-state index in [0.29, 0.717) is 16.6 Å². The smallest absolute Gasteiger partial charge is 0.125 e. The molecule has 0 saturated carbocycles. The molecule has 0 unspecified atom stereocenters. The van der Waals surface area contributed by atoms with Gasteiger partial charge in [-0.2, -0.15) is 0 Å². The monoisotopic (exact) mass is 484 g/mol. The molecule has 0 aliphatic rings. The number of benzene rings is 3. The predicted octanol–water partition coefficient (Wildman–Crippen LogP) is 8.70. The van der Waals surface area contributed by atoms with Crippen LogP contribution in [0.4, 0.5) is 0 Å². The maximum absolute atomic E-state index is 3.79. The third kappa shape index (κ3) is 6.70. The first-order chi connectivity index (χ1) is 17.2. The van der Waals surface area contributed by atoms with Gasteiger partial charge in [0.25, 0.3) is 0 Å². The van der Waals surface area contributed by atoms with Gasteiger partial charge < -0.3 is 0 Å². The lowest BCUT2D eigenvalue weighted by Crippen LogP contribution is -2.43. The van der Waals surface area contributed by atoms with Crippen LogP contribution in [0.1, 0.15) is 74.9 Å². The second-order valence-corrected chi connectivity index (χ2v) is 15.7. The van der Waals surface area contributed by atoms with Gasteiger partial charge in [0.05, 0.1) is 0 Å². The van der Waals surface area contributed by atoms with Crippen molar-refractivity contribution in [3.8, 4) is 35.1 Å². The molecule has 0 nitrogen and oxygen atoms in total. The van der Waals surface area contributed by atoms with E-state index in [4.69, 9.17) is 0 Å². The van der Waals surface area contributed by atoms with E-state index in [1.807, 2.05) is 54.6 Å². The van der Waals surface area contributed by atoms with Crippen molar-refractivity contribution in [2.24, 2.45) is 0 Å². The first-order valence-electron chi connectivity index (χ1n) is 12.7. The minimum Gasteiger partial charge on any atom is -0.125 e. The molecule has 0 aliphatic heterocycles. The molecule has 0 bridgehead atoms. The molecule has 3 rings (SSSR count). The number of hydrogen-bond donors (Lipinski definition) is 0. The van der Waals surface area contributed by atoms with Crippen molar-refractivity contribution >= 4 is 14.1 Å². The van der Waals surface area contributed by atoms with E-state index in [2.05, 4.69) is 108 Å². The minimum atomic E-state index is -1.72. The van der Waals surface area contributed by atoms with Crippen molar-refractivity contribution in [2.45, 2.75) is 58.2 Å². The Kier molecular flexibility index (Phi) is 9.20. The maximum Gasteiger partial charge on any atom is 0.146 e. The van der Waals surface area contributed by atoms with Gasteiger partial charge in [0.2, 0.25) is 0 Å². The van der Waals surface area contributed by atoms with Crippen molar-refractivity contribution in [1.82, 2.24) is 0 Å². The topological polar surface area (TPSA) is 0 Å². The lowest BCUT2D eigenvalue weighted by Gasteiger charge is -2.38. The van der Waals surface area contributed by atoms with Crippen molar-refractivity contribution < 1.29 is 0 Å². The van der Waals surface area contributed by atoms with Gasteiger partial charge in [-0.15, -0.1) is 5.54 Å². The van der Waals surface area contributed by atoms with Crippen molar-refractivity contribution in [1.29, 1.82) is 0 Å². The van der Waals surface area contributed by atoms with Crippen LogP contribution in [0.3, 0.4) is 0 Å². The van der Waals surface area contributed by atoms with Crippen LogP contribution < -0.4 is 0 Å². The summed E-state index contributed by atoms with van der Waals surface area (Å²) in [6, 6.07) is 24.5. The Morgan fingerprint density at radius 2 is 0.778 bits per heavy atom. The second-order valence-electron chi connectivity index (χ2n) is 10.1. The van der Waals surface area contributed by atoms with Gasteiger partial charge in [0, 0.05) is 27.8 Å². The van der Waals surface area contributed by atoms with Gasteiger partial charge in [-0.3, -0.25) is 0 Å². The molecule has 0 heterocycles. The molecule has 0 aliphatic carbocycles. The van der Waals surface area contributed by atoms with E-state index in [1.165, 1.54) is 0 Å². The van der Waals surface area contributed by atoms with Crippen LogP contribution in [-0.4, -0.2) is 8.07 Å². The van der Waals surface area contributed by atoms with E-state index in [9.17, 15) is 0 Å². The summed E-state index contributed by atoms with van der Waals surface area (Å²) in [7, 11) is -1.72. The molecule has 0 aromatic heterocycles. The standard InChI is InChI=1S/C35H36Si/c1-8-30-9-11-31(12-10-30)13-14-32-15-17-33(18-16-32)19-20-34-21-23-35(24-22-34)25-26-36(27(2)3,28(4)5)29(6)7/h8-12,15-18,21-24,27-29H,1H2,2-7H3. The van der Waals surface area contributed by atoms with Crippen molar-refractivity contribution in [3.63, 3.8) is 0 Å². The molecular weight excluding hydrogens is 448 g/mol. The summed E-state index contributed by atoms with van der Waals surface area (Å²) in [6.07, 6.45) is 1.83. The van der Waals surface area contributed by atoms with Crippen LogP contribution in [-0.2, 0) is 0 Å². The number of hydrogen-bond acceptors (Lipinski definition) is 0. The molecule has 3 aromatic carbocycles. The molecule has 0 fully saturated rings. The second kappa shape index (κ2) is 12.3. The molecular formula is C35H36Si. The SMILES string of the molecule is C=Cc1ccc(C#Cc2ccc(C#Cc3ccc(C#C[Si](C(C)C)(C(C)C)C(C)C)cc3)cc2)cc1. The fourth-order valence-corrected chi connectivity index (χ4v) is 10.1. The van der Waals surface area contributed by atoms with Crippen LogP contribution in [0.5, 0.6) is 0 Å². The average molecular weight is 485 g/mol. The fraction of sp³-hybridized carbons (Fsp3) is 0.257. The van der Waals surface area contributed by atoms with Crippen LogP contribution in [0.15, 0.2) is 79.4 Å². The Hall–Kier alpha value is -3.70. The fourth-order valence-electron chi connectivity index (χ4n) is 4.88. The first-order valence-corrected chi connectivity index (χ1v) is 15.0. The summed E-state index contributed by atoms with van der Waals surface area (Å²) in [4.78, 5) is 0. The lowest BCUT2D eigenvalue weighted by atomic mass is 10.1. The zero-order chi connectivity index (χ0) is 26.1. The van der Waals surface area contributed by atoms with Gasteiger partial charge in [0.1, 0.15) is 8.07 Å². The van der Waals surface area contributed by atoms with Gasteiger partial charge in [-0.25, -0.2) is 0 Å². The zero-order valence-electron chi connectivity index (χ0n) is 22.4. The van der Waals surface area contributed by atoms with Gasteiger partial charge in [-0.1, -0.05) is 95.9 Å². The van der Waals surface area contributed by atoms with Crippen LogP contribution in [0.2, 0.25) is 16.6 Å². The lowest BCUT2D eigenvalue weighted by molar-refractivity contribution is 0.838. The Morgan fingerprint density at radius 3 is 1.06 bits per heavy atom. The van der Waals surface area contributed by atoms with Gasteiger partial charge in [0.15, 0.2) is 0 Å². The van der Waals surface area contributed by atoms with Crippen molar-refractivity contribution in [2.75, 3.05) is 0 Å². The van der Waals surface area contributed by atoms with Gasteiger partial charge >= 0.3 is 0 Å². The van der Waals surface area contributed by atoms with E-state index >= 15 is 0 Å². The molecule has 0 spiro atoms. The summed E-state index contributed by atoms with van der Waals surface area (Å²) < 4.78 is 0. The van der Waals surface area contributed by atoms with E-state index < -0.39 is 8.07 Å². The number of rotatable bonds is 4. The summed E-state index contributed by atoms with van der Waals surface area (Å²) in [6.45, 7) is 17.9.